The van der Waals surface area contributed by atoms with Gasteiger partial charge in [-0.3, -0.25) is 0 Å². The van der Waals surface area contributed by atoms with E-state index in [1.165, 1.54) is 5.69 Å². The van der Waals surface area contributed by atoms with Crippen molar-refractivity contribution in [3.63, 3.8) is 0 Å². The summed E-state index contributed by atoms with van der Waals surface area (Å²) < 4.78 is 6.12. The lowest BCUT2D eigenvalue weighted by Crippen LogP contribution is -2.57. The lowest BCUT2D eigenvalue weighted by atomic mass is 9.98. The minimum atomic E-state index is -0.155. The van der Waals surface area contributed by atoms with E-state index in [2.05, 4.69) is 56.1 Å². The predicted molar refractivity (Wildman–Crippen MR) is 85.7 cm³/mol. The highest BCUT2D eigenvalue weighted by molar-refractivity contribution is 6.31. The Morgan fingerprint density at radius 3 is 2.30 bits per heavy atom. The molecule has 0 saturated carbocycles. The van der Waals surface area contributed by atoms with Gasteiger partial charge in [0.25, 0.3) is 0 Å². The molecule has 0 aromatic heterocycles. The standard InChI is InChI=1S/C16H25ClN2O/c1-15(2)10-19(11-16(3,4)20-15)13-7-6-12(9-18-5)14(17)8-13/h6-8,18H,9-11H2,1-5H3. The van der Waals surface area contributed by atoms with Crippen LogP contribution in [0.5, 0.6) is 0 Å². The smallest absolute Gasteiger partial charge is 0.0808 e. The van der Waals surface area contributed by atoms with Crippen LogP contribution in [0.1, 0.15) is 33.3 Å². The normalized spacial score (nSPS) is 21.0. The van der Waals surface area contributed by atoms with Crippen LogP contribution in [-0.2, 0) is 11.3 Å². The second kappa shape index (κ2) is 5.55. The summed E-state index contributed by atoms with van der Waals surface area (Å²) in [6.45, 7) is 11.1. The van der Waals surface area contributed by atoms with Gasteiger partial charge in [0.15, 0.2) is 0 Å². The minimum Gasteiger partial charge on any atom is -0.366 e. The third-order valence-electron chi connectivity index (χ3n) is 3.46. The summed E-state index contributed by atoms with van der Waals surface area (Å²) in [5, 5.41) is 3.95. The van der Waals surface area contributed by atoms with Gasteiger partial charge in [-0.05, 0) is 52.4 Å². The van der Waals surface area contributed by atoms with Crippen molar-refractivity contribution < 1.29 is 4.74 Å². The molecule has 1 heterocycles. The highest BCUT2D eigenvalue weighted by Crippen LogP contribution is 2.33. The van der Waals surface area contributed by atoms with Crippen molar-refractivity contribution in [3.8, 4) is 0 Å². The SMILES string of the molecule is CNCc1ccc(N2CC(C)(C)OC(C)(C)C2)cc1Cl. The molecule has 0 amide bonds. The number of rotatable bonds is 3. The van der Waals surface area contributed by atoms with Gasteiger partial charge in [-0.25, -0.2) is 0 Å². The Balaban J connectivity index is 2.24. The molecular weight excluding hydrogens is 272 g/mol. The monoisotopic (exact) mass is 296 g/mol. The average molecular weight is 297 g/mol. The molecule has 1 fully saturated rings. The van der Waals surface area contributed by atoms with E-state index >= 15 is 0 Å². The molecule has 112 valence electrons. The molecule has 4 heteroatoms. The molecule has 1 saturated heterocycles. The molecule has 0 aliphatic carbocycles. The summed E-state index contributed by atoms with van der Waals surface area (Å²) in [6, 6.07) is 6.31. The predicted octanol–water partition coefficient (Wildman–Crippen LogP) is 3.45. The van der Waals surface area contributed by atoms with Gasteiger partial charge in [-0.1, -0.05) is 17.7 Å². The average Bonchev–Trinajstić information content (AvgIpc) is 2.28. The van der Waals surface area contributed by atoms with E-state index < -0.39 is 0 Å². The number of halogens is 1. The highest BCUT2D eigenvalue weighted by atomic mass is 35.5. The van der Waals surface area contributed by atoms with Crippen LogP contribution in [0.3, 0.4) is 0 Å². The number of nitrogens with one attached hydrogen (secondary N) is 1. The number of anilines is 1. The summed E-state index contributed by atoms with van der Waals surface area (Å²) in [5.74, 6) is 0. The Bertz CT molecular complexity index is 469. The second-order valence-corrected chi connectivity index (χ2v) is 7.19. The van der Waals surface area contributed by atoms with E-state index in [0.29, 0.717) is 0 Å². The second-order valence-electron chi connectivity index (χ2n) is 6.78. The van der Waals surface area contributed by atoms with Crippen LogP contribution in [0.2, 0.25) is 5.02 Å². The summed E-state index contributed by atoms with van der Waals surface area (Å²) >= 11 is 6.37. The molecule has 0 radical (unpaired) electrons. The van der Waals surface area contributed by atoms with Gasteiger partial charge in [-0.2, -0.15) is 0 Å². The van der Waals surface area contributed by atoms with E-state index in [0.717, 1.165) is 30.2 Å². The molecule has 0 unspecified atom stereocenters. The molecule has 1 aromatic carbocycles. The van der Waals surface area contributed by atoms with E-state index in [-0.39, 0.29) is 11.2 Å². The number of benzene rings is 1. The Morgan fingerprint density at radius 2 is 1.80 bits per heavy atom. The molecule has 20 heavy (non-hydrogen) atoms. The van der Waals surface area contributed by atoms with Crippen molar-refractivity contribution in [2.45, 2.75) is 45.4 Å². The number of hydrogen-bond donors (Lipinski definition) is 1. The molecule has 0 atom stereocenters. The van der Waals surface area contributed by atoms with Crippen LogP contribution in [0.4, 0.5) is 5.69 Å². The van der Waals surface area contributed by atoms with Gasteiger partial charge in [0, 0.05) is 30.3 Å². The van der Waals surface area contributed by atoms with Crippen molar-refractivity contribution >= 4 is 17.3 Å². The van der Waals surface area contributed by atoms with Crippen LogP contribution in [0.25, 0.3) is 0 Å². The summed E-state index contributed by atoms with van der Waals surface area (Å²) in [7, 11) is 1.93. The number of ether oxygens (including phenoxy) is 1. The van der Waals surface area contributed by atoms with Crippen molar-refractivity contribution in [1.82, 2.24) is 5.32 Å². The number of hydrogen-bond acceptors (Lipinski definition) is 3. The van der Waals surface area contributed by atoms with Crippen LogP contribution < -0.4 is 10.2 Å². The number of nitrogens with zero attached hydrogens (tertiary/aromatic N) is 1. The van der Waals surface area contributed by atoms with Gasteiger partial charge in [-0.15, -0.1) is 0 Å². The van der Waals surface area contributed by atoms with Gasteiger partial charge in [0.1, 0.15) is 0 Å². The van der Waals surface area contributed by atoms with Crippen molar-refractivity contribution in [2.75, 3.05) is 25.0 Å². The lowest BCUT2D eigenvalue weighted by Gasteiger charge is -2.48. The minimum absolute atomic E-state index is 0.155. The highest BCUT2D eigenvalue weighted by Gasteiger charge is 2.38. The third-order valence-corrected chi connectivity index (χ3v) is 3.82. The van der Waals surface area contributed by atoms with E-state index in [1.807, 2.05) is 7.05 Å². The quantitative estimate of drug-likeness (QED) is 0.924. The van der Waals surface area contributed by atoms with Crippen LogP contribution in [0, 0.1) is 0 Å². The van der Waals surface area contributed by atoms with Gasteiger partial charge < -0.3 is 15.0 Å². The van der Waals surface area contributed by atoms with Gasteiger partial charge in [0.2, 0.25) is 0 Å². The molecule has 1 N–H and O–H groups in total. The van der Waals surface area contributed by atoms with Crippen molar-refractivity contribution in [1.29, 1.82) is 0 Å². The zero-order chi connectivity index (χ0) is 15.0. The molecule has 0 spiro atoms. The molecule has 1 aliphatic rings. The maximum absolute atomic E-state index is 6.37. The fraction of sp³-hybridized carbons (Fsp3) is 0.625. The van der Waals surface area contributed by atoms with Crippen molar-refractivity contribution in [3.05, 3.63) is 28.8 Å². The topological polar surface area (TPSA) is 24.5 Å². The van der Waals surface area contributed by atoms with E-state index in [1.54, 1.807) is 0 Å². The Labute approximate surface area is 127 Å². The molecule has 0 bridgehead atoms. The summed E-state index contributed by atoms with van der Waals surface area (Å²) in [6.07, 6.45) is 0. The van der Waals surface area contributed by atoms with Crippen LogP contribution in [-0.4, -0.2) is 31.3 Å². The molecule has 2 rings (SSSR count). The fourth-order valence-corrected chi connectivity index (χ4v) is 3.28. The first-order chi connectivity index (χ1) is 9.22. The first kappa shape index (κ1) is 15.6. The van der Waals surface area contributed by atoms with E-state index in [4.69, 9.17) is 16.3 Å². The van der Waals surface area contributed by atoms with Crippen LogP contribution in [0.15, 0.2) is 18.2 Å². The maximum atomic E-state index is 6.37. The Kier molecular flexibility index (Phi) is 4.33. The van der Waals surface area contributed by atoms with Gasteiger partial charge >= 0.3 is 0 Å². The molecular formula is C16H25ClN2O. The van der Waals surface area contributed by atoms with Crippen LogP contribution >= 0.6 is 11.6 Å². The molecule has 1 aromatic rings. The largest absolute Gasteiger partial charge is 0.366 e. The maximum Gasteiger partial charge on any atom is 0.0808 e. The zero-order valence-electron chi connectivity index (χ0n) is 13.1. The Morgan fingerprint density at radius 1 is 1.20 bits per heavy atom. The summed E-state index contributed by atoms with van der Waals surface area (Å²) in [5.41, 5.74) is 1.99. The molecule has 1 aliphatic heterocycles. The van der Waals surface area contributed by atoms with Gasteiger partial charge in [0.05, 0.1) is 11.2 Å². The number of morpholine rings is 1. The first-order valence-electron chi connectivity index (χ1n) is 7.11. The van der Waals surface area contributed by atoms with Crippen molar-refractivity contribution in [2.24, 2.45) is 0 Å². The Hall–Kier alpha value is -0.770. The third kappa shape index (κ3) is 3.66. The summed E-state index contributed by atoms with van der Waals surface area (Å²) in [4.78, 5) is 2.36. The fourth-order valence-electron chi connectivity index (χ4n) is 3.04. The van der Waals surface area contributed by atoms with E-state index in [9.17, 15) is 0 Å². The lowest BCUT2D eigenvalue weighted by molar-refractivity contribution is -0.133. The first-order valence-corrected chi connectivity index (χ1v) is 7.48. The zero-order valence-corrected chi connectivity index (χ0v) is 13.8. The molecule has 3 nitrogen and oxygen atoms in total.